The molecule has 0 saturated carbocycles. The Morgan fingerprint density at radius 3 is 2.42 bits per heavy atom. The van der Waals surface area contributed by atoms with Crippen LogP contribution in [0.15, 0.2) is 54.6 Å². The summed E-state index contributed by atoms with van der Waals surface area (Å²) in [7, 11) is 1.52. The van der Waals surface area contributed by atoms with Crippen LogP contribution in [-0.4, -0.2) is 35.6 Å². The highest BCUT2D eigenvalue weighted by molar-refractivity contribution is 7.99. The molecule has 4 nitrogen and oxygen atoms in total. The molecule has 0 heterocycles. The summed E-state index contributed by atoms with van der Waals surface area (Å²) in [5.41, 5.74) is 1.52. The molecule has 2 amide bonds. The smallest absolute Gasteiger partial charge is 0.242 e. The van der Waals surface area contributed by atoms with Crippen LogP contribution < -0.4 is 5.32 Å². The Bertz CT molecular complexity index is 740. The van der Waals surface area contributed by atoms with Gasteiger partial charge in [0.05, 0.1) is 5.75 Å². The first-order valence-corrected chi connectivity index (χ1v) is 9.54. The van der Waals surface area contributed by atoms with Crippen LogP contribution in [0.25, 0.3) is 0 Å². The predicted molar refractivity (Wildman–Crippen MR) is 103 cm³/mol. The first-order chi connectivity index (χ1) is 12.5. The zero-order valence-corrected chi connectivity index (χ0v) is 15.8. The average molecular weight is 374 g/mol. The Morgan fingerprint density at radius 1 is 1.12 bits per heavy atom. The van der Waals surface area contributed by atoms with Gasteiger partial charge in [-0.3, -0.25) is 9.59 Å². The molecule has 2 aromatic carbocycles. The van der Waals surface area contributed by atoms with Gasteiger partial charge in [0, 0.05) is 24.9 Å². The molecule has 2 aromatic rings. The van der Waals surface area contributed by atoms with Crippen molar-refractivity contribution < 1.29 is 14.0 Å². The molecule has 138 valence electrons. The Kier molecular flexibility index (Phi) is 7.66. The Labute approximate surface area is 157 Å². The van der Waals surface area contributed by atoms with E-state index in [1.165, 1.54) is 29.8 Å². The van der Waals surface area contributed by atoms with E-state index in [1.54, 1.807) is 25.1 Å². The first-order valence-electron chi connectivity index (χ1n) is 8.39. The Morgan fingerprint density at radius 2 is 1.77 bits per heavy atom. The third kappa shape index (κ3) is 5.59. The van der Waals surface area contributed by atoms with Gasteiger partial charge in [-0.15, -0.1) is 11.8 Å². The topological polar surface area (TPSA) is 49.4 Å². The largest absolute Gasteiger partial charge is 0.357 e. The molecule has 0 aliphatic carbocycles. The predicted octanol–water partition coefficient (Wildman–Crippen LogP) is 3.22. The van der Waals surface area contributed by atoms with Gasteiger partial charge < -0.3 is 10.2 Å². The maximum Gasteiger partial charge on any atom is 0.242 e. The maximum absolute atomic E-state index is 14.0. The van der Waals surface area contributed by atoms with Crippen molar-refractivity contribution >= 4 is 23.6 Å². The van der Waals surface area contributed by atoms with E-state index in [9.17, 15) is 14.0 Å². The summed E-state index contributed by atoms with van der Waals surface area (Å²) in [6, 6.07) is 15.5. The van der Waals surface area contributed by atoms with E-state index >= 15 is 0 Å². The lowest BCUT2D eigenvalue weighted by Crippen LogP contribution is -2.47. The van der Waals surface area contributed by atoms with Crippen LogP contribution in [-0.2, 0) is 21.9 Å². The molecule has 26 heavy (non-hydrogen) atoms. The number of amides is 2. The van der Waals surface area contributed by atoms with Crippen molar-refractivity contribution in [3.05, 3.63) is 71.5 Å². The molecule has 0 fully saturated rings. The fourth-order valence-corrected chi connectivity index (χ4v) is 3.39. The van der Waals surface area contributed by atoms with Gasteiger partial charge in [0.1, 0.15) is 11.9 Å². The fourth-order valence-electron chi connectivity index (χ4n) is 2.52. The Hall–Kier alpha value is -2.34. The summed E-state index contributed by atoms with van der Waals surface area (Å²) in [6.45, 7) is 1.71. The minimum absolute atomic E-state index is 0.0615. The lowest BCUT2D eigenvalue weighted by molar-refractivity contribution is -0.138. The molecule has 0 radical (unpaired) electrons. The molecule has 6 heteroatoms. The molecule has 1 atom stereocenters. The number of benzene rings is 2. The summed E-state index contributed by atoms with van der Waals surface area (Å²) >= 11 is 1.48. The van der Waals surface area contributed by atoms with Gasteiger partial charge in [0.15, 0.2) is 0 Å². The number of likely N-dealkylation sites (N-methyl/N-ethyl adjacent to an activating group) is 1. The summed E-state index contributed by atoms with van der Waals surface area (Å²) < 4.78 is 14.0. The van der Waals surface area contributed by atoms with Crippen LogP contribution in [0, 0.1) is 5.82 Å². The highest BCUT2D eigenvalue weighted by Gasteiger charge is 2.26. The summed E-state index contributed by atoms with van der Waals surface area (Å²) in [5, 5.41) is 2.55. The van der Waals surface area contributed by atoms with Gasteiger partial charge in [-0.1, -0.05) is 48.5 Å². The first kappa shape index (κ1) is 20.0. The van der Waals surface area contributed by atoms with E-state index in [1.807, 2.05) is 30.3 Å². The number of carbonyl (C=O) groups excluding carboxylic acids is 2. The fraction of sp³-hybridized carbons (Fsp3) is 0.300. The van der Waals surface area contributed by atoms with Gasteiger partial charge in [-0.05, 0) is 18.6 Å². The number of hydrogen-bond acceptors (Lipinski definition) is 3. The van der Waals surface area contributed by atoms with Gasteiger partial charge in [0.2, 0.25) is 11.8 Å². The molecule has 0 saturated heterocycles. The van der Waals surface area contributed by atoms with Crippen LogP contribution >= 0.6 is 11.8 Å². The summed E-state index contributed by atoms with van der Waals surface area (Å²) in [6.07, 6.45) is 0. The maximum atomic E-state index is 14.0. The molecule has 1 N–H and O–H groups in total. The zero-order chi connectivity index (χ0) is 18.9. The van der Waals surface area contributed by atoms with Gasteiger partial charge in [-0.25, -0.2) is 4.39 Å². The van der Waals surface area contributed by atoms with Crippen molar-refractivity contribution in [2.24, 2.45) is 0 Å². The number of halogens is 1. The highest BCUT2D eigenvalue weighted by atomic mass is 32.2. The number of rotatable bonds is 8. The molecule has 0 bridgehead atoms. The second-order valence-corrected chi connectivity index (χ2v) is 6.87. The SMILES string of the molecule is CNC(=O)[C@@H](C)N(Cc1ccccc1F)C(=O)CSCc1ccccc1. The lowest BCUT2D eigenvalue weighted by atomic mass is 10.1. The van der Waals surface area contributed by atoms with Gasteiger partial charge in [-0.2, -0.15) is 0 Å². The third-order valence-electron chi connectivity index (χ3n) is 4.05. The molecular formula is C20H23FN2O2S. The lowest BCUT2D eigenvalue weighted by Gasteiger charge is -2.28. The second kappa shape index (κ2) is 9.97. The van der Waals surface area contributed by atoms with E-state index in [0.29, 0.717) is 11.3 Å². The van der Waals surface area contributed by atoms with Gasteiger partial charge >= 0.3 is 0 Å². The molecule has 0 aliphatic rings. The standard InChI is InChI=1S/C20H23FN2O2S/c1-15(20(25)22-2)23(12-17-10-6-7-11-18(17)21)19(24)14-26-13-16-8-4-3-5-9-16/h3-11,15H,12-14H2,1-2H3,(H,22,25)/t15-/m1/s1. The van der Waals surface area contributed by atoms with Crippen LogP contribution in [0.2, 0.25) is 0 Å². The molecule has 0 aromatic heterocycles. The average Bonchev–Trinajstić information content (AvgIpc) is 2.67. The van der Waals surface area contributed by atoms with Crippen LogP contribution in [0.1, 0.15) is 18.1 Å². The summed E-state index contributed by atoms with van der Waals surface area (Å²) in [5.74, 6) is 0.0819. The van der Waals surface area contributed by atoms with Crippen LogP contribution in [0.4, 0.5) is 4.39 Å². The van der Waals surface area contributed by atoms with Crippen molar-refractivity contribution in [2.45, 2.75) is 25.3 Å². The second-order valence-electron chi connectivity index (χ2n) is 5.88. The van der Waals surface area contributed by atoms with E-state index < -0.39 is 6.04 Å². The number of nitrogens with one attached hydrogen (secondary N) is 1. The van der Waals surface area contributed by atoms with Gasteiger partial charge in [0.25, 0.3) is 0 Å². The molecule has 0 spiro atoms. The quantitative estimate of drug-likeness (QED) is 0.772. The molecule has 0 aliphatic heterocycles. The van der Waals surface area contributed by atoms with E-state index in [4.69, 9.17) is 0 Å². The zero-order valence-electron chi connectivity index (χ0n) is 14.9. The normalized spacial score (nSPS) is 11.7. The Balaban J connectivity index is 2.05. The minimum atomic E-state index is -0.676. The van der Waals surface area contributed by atoms with E-state index in [2.05, 4.69) is 5.32 Å². The van der Waals surface area contributed by atoms with Crippen molar-refractivity contribution in [3.63, 3.8) is 0 Å². The minimum Gasteiger partial charge on any atom is -0.357 e. The van der Waals surface area contributed by atoms with Crippen LogP contribution in [0.5, 0.6) is 0 Å². The summed E-state index contributed by atoms with van der Waals surface area (Å²) in [4.78, 5) is 26.2. The molecule has 0 unspecified atom stereocenters. The van der Waals surface area contributed by atoms with Crippen molar-refractivity contribution in [1.82, 2.24) is 10.2 Å². The molecule has 2 rings (SSSR count). The number of carbonyl (C=O) groups is 2. The van der Waals surface area contributed by atoms with Crippen LogP contribution in [0.3, 0.4) is 0 Å². The highest BCUT2D eigenvalue weighted by Crippen LogP contribution is 2.17. The third-order valence-corrected chi connectivity index (χ3v) is 5.04. The number of hydrogen-bond donors (Lipinski definition) is 1. The van der Waals surface area contributed by atoms with E-state index in [0.717, 1.165) is 5.56 Å². The monoisotopic (exact) mass is 374 g/mol. The van der Waals surface area contributed by atoms with Crippen molar-refractivity contribution in [2.75, 3.05) is 12.8 Å². The molecular weight excluding hydrogens is 351 g/mol. The van der Waals surface area contributed by atoms with E-state index in [-0.39, 0.29) is 29.9 Å². The van der Waals surface area contributed by atoms with Crippen molar-refractivity contribution in [1.29, 1.82) is 0 Å². The number of nitrogens with zero attached hydrogens (tertiary/aromatic N) is 1. The van der Waals surface area contributed by atoms with Crippen molar-refractivity contribution in [3.8, 4) is 0 Å². The number of thioether (sulfide) groups is 1.